The summed E-state index contributed by atoms with van der Waals surface area (Å²) in [5.41, 5.74) is -0.136. The number of aryl methyl sites for hydroxylation is 1. The number of unbranched alkanes of at least 4 members (excludes halogenated alkanes) is 1. The van der Waals surface area contributed by atoms with Gasteiger partial charge in [0, 0.05) is 44.7 Å². The van der Waals surface area contributed by atoms with Crippen molar-refractivity contribution in [3.05, 3.63) is 34.8 Å². The predicted molar refractivity (Wildman–Crippen MR) is 118 cm³/mol. The first-order valence-electron chi connectivity index (χ1n) is 10.6. The van der Waals surface area contributed by atoms with Crippen molar-refractivity contribution < 1.29 is 27.5 Å². The Labute approximate surface area is 193 Å². The molecule has 0 unspecified atom stereocenters. The van der Waals surface area contributed by atoms with Crippen LogP contribution < -0.4 is 10.2 Å². The van der Waals surface area contributed by atoms with Crippen LogP contribution in [-0.2, 0) is 26.9 Å². The molecule has 1 saturated heterocycles. The Kier molecular flexibility index (Phi) is 8.61. The van der Waals surface area contributed by atoms with Gasteiger partial charge >= 0.3 is 12.1 Å². The lowest BCUT2D eigenvalue weighted by atomic mass is 10.1. The van der Waals surface area contributed by atoms with Crippen molar-refractivity contribution in [2.75, 3.05) is 50.1 Å². The summed E-state index contributed by atoms with van der Waals surface area (Å²) in [5, 5.41) is 12.0. The SMILES string of the molecule is COC(=O)CCCCc1nnc(NC(=O)CN2CCN(c3cccc(C(F)(F)F)c3)CC2)s1. The Morgan fingerprint density at radius 1 is 1.15 bits per heavy atom. The zero-order valence-electron chi connectivity index (χ0n) is 18.2. The lowest BCUT2D eigenvalue weighted by Gasteiger charge is -2.35. The largest absolute Gasteiger partial charge is 0.469 e. The second kappa shape index (κ2) is 11.4. The highest BCUT2D eigenvalue weighted by atomic mass is 32.1. The number of hydrogen-bond donors (Lipinski definition) is 1. The number of benzene rings is 1. The lowest BCUT2D eigenvalue weighted by Crippen LogP contribution is -2.48. The molecular formula is C21H26F3N5O3S. The number of rotatable bonds is 9. The summed E-state index contributed by atoms with van der Waals surface area (Å²) in [6, 6.07) is 5.30. The van der Waals surface area contributed by atoms with Crippen molar-refractivity contribution in [2.24, 2.45) is 0 Å². The summed E-state index contributed by atoms with van der Waals surface area (Å²) in [5.74, 6) is -0.452. The van der Waals surface area contributed by atoms with Crippen molar-refractivity contribution in [1.29, 1.82) is 0 Å². The lowest BCUT2D eigenvalue weighted by molar-refractivity contribution is -0.140. The molecule has 1 N–H and O–H groups in total. The number of halogens is 3. The first-order valence-corrected chi connectivity index (χ1v) is 11.4. The highest BCUT2D eigenvalue weighted by Crippen LogP contribution is 2.31. The molecule has 0 bridgehead atoms. The number of methoxy groups -OCH3 is 1. The zero-order valence-corrected chi connectivity index (χ0v) is 19.0. The molecule has 0 atom stereocenters. The maximum absolute atomic E-state index is 12.9. The van der Waals surface area contributed by atoms with E-state index in [1.807, 2.05) is 9.80 Å². The third-order valence-electron chi connectivity index (χ3n) is 5.24. The fraction of sp³-hybridized carbons (Fsp3) is 0.524. The second-order valence-corrected chi connectivity index (χ2v) is 8.71. The molecule has 2 heterocycles. The van der Waals surface area contributed by atoms with Crippen LogP contribution in [0.5, 0.6) is 0 Å². The van der Waals surface area contributed by atoms with Gasteiger partial charge < -0.3 is 9.64 Å². The van der Waals surface area contributed by atoms with Gasteiger partial charge in [0.05, 0.1) is 19.2 Å². The number of ether oxygens (including phenoxy) is 1. The molecule has 180 valence electrons. The fourth-order valence-electron chi connectivity index (χ4n) is 3.46. The van der Waals surface area contributed by atoms with Crippen LogP contribution in [0.25, 0.3) is 0 Å². The summed E-state index contributed by atoms with van der Waals surface area (Å²) in [6.45, 7) is 2.35. The molecule has 12 heteroatoms. The molecule has 1 aliphatic heterocycles. The topological polar surface area (TPSA) is 87.7 Å². The number of piperazine rings is 1. The molecule has 0 saturated carbocycles. The van der Waals surface area contributed by atoms with E-state index in [1.165, 1.54) is 24.5 Å². The average Bonchev–Trinajstić information content (AvgIpc) is 3.23. The fourth-order valence-corrected chi connectivity index (χ4v) is 4.26. The van der Waals surface area contributed by atoms with Gasteiger partial charge in [-0.05, 0) is 31.0 Å². The van der Waals surface area contributed by atoms with Gasteiger partial charge in [0.2, 0.25) is 11.0 Å². The molecule has 1 aromatic carbocycles. The van der Waals surface area contributed by atoms with Crippen molar-refractivity contribution in [2.45, 2.75) is 31.9 Å². The smallest absolute Gasteiger partial charge is 0.416 e. The van der Waals surface area contributed by atoms with Gasteiger partial charge in [0.1, 0.15) is 5.01 Å². The van der Waals surface area contributed by atoms with E-state index in [1.54, 1.807) is 6.07 Å². The summed E-state index contributed by atoms with van der Waals surface area (Å²) in [7, 11) is 1.36. The third kappa shape index (κ3) is 7.67. The molecule has 2 aromatic rings. The molecular weight excluding hydrogens is 459 g/mol. The summed E-state index contributed by atoms with van der Waals surface area (Å²) < 4.78 is 43.4. The number of anilines is 2. The van der Waals surface area contributed by atoms with Crippen molar-refractivity contribution in [3.8, 4) is 0 Å². The number of nitrogens with one attached hydrogen (secondary N) is 1. The molecule has 0 spiro atoms. The zero-order chi connectivity index (χ0) is 23.8. The van der Waals surface area contributed by atoms with Crippen molar-refractivity contribution >= 4 is 34.0 Å². The Morgan fingerprint density at radius 2 is 1.91 bits per heavy atom. The number of alkyl halides is 3. The van der Waals surface area contributed by atoms with E-state index < -0.39 is 11.7 Å². The number of amides is 1. The van der Waals surface area contributed by atoms with Gasteiger partial charge in [0.15, 0.2) is 0 Å². The van der Waals surface area contributed by atoms with E-state index in [9.17, 15) is 22.8 Å². The summed E-state index contributed by atoms with van der Waals surface area (Å²) >= 11 is 1.30. The predicted octanol–water partition coefficient (Wildman–Crippen LogP) is 3.20. The van der Waals surface area contributed by atoms with Crippen molar-refractivity contribution in [3.63, 3.8) is 0 Å². The van der Waals surface area contributed by atoms with Gasteiger partial charge in [-0.2, -0.15) is 13.2 Å². The van der Waals surface area contributed by atoms with E-state index in [0.29, 0.717) is 56.3 Å². The van der Waals surface area contributed by atoms with Gasteiger partial charge in [0.25, 0.3) is 0 Å². The minimum atomic E-state index is -4.37. The van der Waals surface area contributed by atoms with Crippen LogP contribution >= 0.6 is 11.3 Å². The van der Waals surface area contributed by atoms with Crippen LogP contribution in [0.3, 0.4) is 0 Å². The molecule has 0 aliphatic carbocycles. The van der Waals surface area contributed by atoms with E-state index in [2.05, 4.69) is 20.3 Å². The summed E-state index contributed by atoms with van der Waals surface area (Å²) in [6.07, 6.45) is -1.88. The molecule has 1 fully saturated rings. The van der Waals surface area contributed by atoms with Gasteiger partial charge in [-0.3, -0.25) is 19.8 Å². The maximum atomic E-state index is 12.9. The van der Waals surface area contributed by atoms with E-state index in [-0.39, 0.29) is 18.4 Å². The number of hydrogen-bond acceptors (Lipinski definition) is 8. The molecule has 3 rings (SSSR count). The Morgan fingerprint density at radius 3 is 2.61 bits per heavy atom. The minimum Gasteiger partial charge on any atom is -0.469 e. The molecule has 33 heavy (non-hydrogen) atoms. The van der Waals surface area contributed by atoms with Crippen LogP contribution in [0.1, 0.15) is 29.8 Å². The Hall–Kier alpha value is -2.73. The number of carbonyl (C=O) groups excluding carboxylic acids is 2. The Bertz CT molecular complexity index is 945. The maximum Gasteiger partial charge on any atom is 0.416 e. The monoisotopic (exact) mass is 485 g/mol. The second-order valence-electron chi connectivity index (χ2n) is 7.64. The highest BCUT2D eigenvalue weighted by Gasteiger charge is 2.31. The van der Waals surface area contributed by atoms with Crippen LogP contribution in [-0.4, -0.2) is 66.8 Å². The average molecular weight is 486 g/mol. The first kappa shape index (κ1) is 24.9. The Balaban J connectivity index is 1.40. The third-order valence-corrected chi connectivity index (χ3v) is 6.14. The standard InChI is InChI=1S/C21H26F3N5O3S/c1-32-19(31)8-3-2-7-18-26-27-20(33-18)25-17(30)14-28-9-11-29(12-10-28)16-6-4-5-15(13-16)21(22,23)24/h4-6,13H,2-3,7-12,14H2,1H3,(H,25,27,30). The first-order chi connectivity index (χ1) is 15.7. The van der Waals surface area contributed by atoms with Gasteiger partial charge in [-0.1, -0.05) is 17.4 Å². The number of aromatic nitrogens is 2. The summed E-state index contributed by atoms with van der Waals surface area (Å²) in [4.78, 5) is 27.3. The number of esters is 1. The van der Waals surface area contributed by atoms with E-state index in [4.69, 9.17) is 0 Å². The molecule has 1 aromatic heterocycles. The minimum absolute atomic E-state index is 0.171. The van der Waals surface area contributed by atoms with Crippen LogP contribution in [0.4, 0.5) is 24.0 Å². The van der Waals surface area contributed by atoms with Crippen LogP contribution in [0.15, 0.2) is 24.3 Å². The number of nitrogens with zero attached hydrogens (tertiary/aromatic N) is 4. The van der Waals surface area contributed by atoms with Crippen molar-refractivity contribution in [1.82, 2.24) is 15.1 Å². The molecule has 1 amide bonds. The van der Waals surface area contributed by atoms with Gasteiger partial charge in [-0.25, -0.2) is 0 Å². The highest BCUT2D eigenvalue weighted by molar-refractivity contribution is 7.15. The normalized spacial score (nSPS) is 14.8. The van der Waals surface area contributed by atoms with E-state index >= 15 is 0 Å². The van der Waals surface area contributed by atoms with Crippen LogP contribution in [0, 0.1) is 0 Å². The number of carbonyl (C=O) groups is 2. The van der Waals surface area contributed by atoms with Crippen LogP contribution in [0.2, 0.25) is 0 Å². The van der Waals surface area contributed by atoms with E-state index in [0.717, 1.165) is 23.6 Å². The van der Waals surface area contributed by atoms with Gasteiger partial charge in [-0.15, -0.1) is 10.2 Å². The molecule has 8 nitrogen and oxygen atoms in total. The quantitative estimate of drug-likeness (QED) is 0.431. The molecule has 0 radical (unpaired) electrons. The molecule has 1 aliphatic rings.